The molecule has 5 heteroatoms. The van der Waals surface area contributed by atoms with E-state index in [1.807, 2.05) is 6.08 Å². The number of aliphatic hydroxyl groups excluding tert-OH is 1. The summed E-state index contributed by atoms with van der Waals surface area (Å²) in [5, 5.41) is 8.73. The molecule has 0 aliphatic heterocycles. The average molecular weight is 273 g/mol. The molecule has 0 atom stereocenters. The van der Waals surface area contributed by atoms with Gasteiger partial charge in [0.1, 0.15) is 0 Å². The summed E-state index contributed by atoms with van der Waals surface area (Å²) in [6.45, 7) is 4.13. The number of hydrogen-bond acceptors (Lipinski definition) is 4. The molecular formula is C15H20BNO3. The minimum Gasteiger partial charge on any atom is -0.465 e. The average Bonchev–Trinajstić information content (AvgIpc) is 2.45. The van der Waals surface area contributed by atoms with Crippen LogP contribution in [0.5, 0.6) is 0 Å². The molecule has 0 aliphatic carbocycles. The van der Waals surface area contributed by atoms with Crippen LogP contribution in [0.3, 0.4) is 0 Å². The predicted molar refractivity (Wildman–Crippen MR) is 84.0 cm³/mol. The number of esters is 1. The number of nitrogens with two attached hydrogens (primary N) is 1. The number of carbonyl (C=O) groups excluding carboxylic acids is 1. The van der Waals surface area contributed by atoms with E-state index in [0.29, 0.717) is 16.8 Å². The Kier molecular flexibility index (Phi) is 6.60. The van der Waals surface area contributed by atoms with Crippen LogP contribution in [0, 0.1) is 0 Å². The summed E-state index contributed by atoms with van der Waals surface area (Å²) in [5.74, 6) is -0.414. The van der Waals surface area contributed by atoms with Crippen LogP contribution in [0.4, 0.5) is 5.69 Å². The lowest BCUT2D eigenvalue weighted by molar-refractivity contribution is 0.0600. The summed E-state index contributed by atoms with van der Waals surface area (Å²) < 4.78 is 4.74. The Morgan fingerprint density at radius 2 is 2.30 bits per heavy atom. The third-order valence-electron chi connectivity index (χ3n) is 2.94. The van der Waals surface area contributed by atoms with Crippen molar-refractivity contribution in [3.05, 3.63) is 47.5 Å². The lowest BCUT2D eigenvalue weighted by Gasteiger charge is -2.07. The zero-order chi connectivity index (χ0) is 15.0. The summed E-state index contributed by atoms with van der Waals surface area (Å²) >= 11 is 0. The minimum atomic E-state index is -0.414. The molecule has 0 aliphatic rings. The minimum absolute atomic E-state index is 0.190. The van der Waals surface area contributed by atoms with E-state index in [1.54, 1.807) is 24.3 Å². The van der Waals surface area contributed by atoms with Gasteiger partial charge in [-0.2, -0.15) is 0 Å². The summed E-state index contributed by atoms with van der Waals surface area (Å²) in [7, 11) is 2.14. The highest BCUT2D eigenvalue weighted by Gasteiger charge is 2.11. The molecule has 0 heterocycles. The van der Waals surface area contributed by atoms with Gasteiger partial charge < -0.3 is 15.6 Å². The first-order valence-corrected chi connectivity index (χ1v) is 6.53. The molecule has 0 aromatic heterocycles. The normalized spacial score (nSPS) is 10.5. The second kappa shape index (κ2) is 8.22. The number of methoxy groups -OCH3 is 1. The van der Waals surface area contributed by atoms with Crippen molar-refractivity contribution in [3.63, 3.8) is 0 Å². The van der Waals surface area contributed by atoms with E-state index >= 15 is 0 Å². The van der Waals surface area contributed by atoms with Gasteiger partial charge in [0, 0.05) is 17.9 Å². The summed E-state index contributed by atoms with van der Waals surface area (Å²) in [5.41, 5.74) is 8.43. The summed E-state index contributed by atoms with van der Waals surface area (Å²) in [6, 6.07) is 5.13. The van der Waals surface area contributed by atoms with Crippen LogP contribution in [0.2, 0.25) is 6.32 Å². The molecule has 3 N–H and O–H groups in total. The van der Waals surface area contributed by atoms with Crippen molar-refractivity contribution in [2.75, 3.05) is 19.5 Å². The van der Waals surface area contributed by atoms with Crippen LogP contribution in [0.15, 0.2) is 36.3 Å². The quantitative estimate of drug-likeness (QED) is 0.261. The standard InChI is InChI=1S/C15H20BNO3/c1-11(16-9-4-10-18)7-8-12-13(15(19)20-2)5-3-6-14(12)17/h3,5-8,16,18H,1,4,9-10,17H2,2H3/b8-7-. The highest BCUT2D eigenvalue weighted by molar-refractivity contribution is 6.46. The molecule has 1 aromatic carbocycles. The predicted octanol–water partition coefficient (Wildman–Crippen LogP) is 1.82. The van der Waals surface area contributed by atoms with Gasteiger partial charge in [-0.25, -0.2) is 4.79 Å². The maximum atomic E-state index is 11.7. The van der Waals surface area contributed by atoms with Crippen molar-refractivity contribution in [2.24, 2.45) is 0 Å². The Morgan fingerprint density at radius 3 is 2.95 bits per heavy atom. The smallest absolute Gasteiger partial charge is 0.338 e. The van der Waals surface area contributed by atoms with Crippen molar-refractivity contribution in [3.8, 4) is 0 Å². The monoisotopic (exact) mass is 273 g/mol. The summed E-state index contributed by atoms with van der Waals surface area (Å²) in [4.78, 5) is 11.7. The van der Waals surface area contributed by atoms with E-state index in [-0.39, 0.29) is 6.61 Å². The van der Waals surface area contributed by atoms with Gasteiger partial charge in [-0.1, -0.05) is 30.0 Å². The molecule has 0 spiro atoms. The number of benzene rings is 1. The number of rotatable bonds is 7. The Hall–Kier alpha value is -2.01. The first kappa shape index (κ1) is 16.1. The number of aliphatic hydroxyl groups is 1. The molecule has 0 bridgehead atoms. The number of hydrogen-bond donors (Lipinski definition) is 2. The highest BCUT2D eigenvalue weighted by atomic mass is 16.5. The van der Waals surface area contributed by atoms with Gasteiger partial charge in [0.25, 0.3) is 0 Å². The zero-order valence-corrected chi connectivity index (χ0v) is 11.8. The fraction of sp³-hybridized carbons (Fsp3) is 0.267. The van der Waals surface area contributed by atoms with Gasteiger partial charge >= 0.3 is 5.97 Å². The Morgan fingerprint density at radius 1 is 1.55 bits per heavy atom. The lowest BCUT2D eigenvalue weighted by atomic mass is 9.66. The van der Waals surface area contributed by atoms with Gasteiger partial charge in [-0.3, -0.25) is 0 Å². The molecule has 0 fully saturated rings. The van der Waals surface area contributed by atoms with E-state index in [1.165, 1.54) is 7.11 Å². The largest absolute Gasteiger partial charge is 0.465 e. The fourth-order valence-corrected chi connectivity index (χ4v) is 1.81. The Labute approximate surface area is 120 Å². The van der Waals surface area contributed by atoms with E-state index < -0.39 is 5.97 Å². The third kappa shape index (κ3) is 4.59. The number of allylic oxidation sites excluding steroid dienone is 2. The SMILES string of the molecule is C=C(BCCCO)/C=C\c1c(N)cccc1C(=O)OC. The van der Waals surface area contributed by atoms with Crippen molar-refractivity contribution in [1.29, 1.82) is 0 Å². The molecule has 4 nitrogen and oxygen atoms in total. The Balaban J connectivity index is 2.85. The van der Waals surface area contributed by atoms with Crippen LogP contribution >= 0.6 is 0 Å². The van der Waals surface area contributed by atoms with E-state index in [9.17, 15) is 4.79 Å². The van der Waals surface area contributed by atoms with Crippen LogP contribution in [0.25, 0.3) is 6.08 Å². The first-order valence-electron chi connectivity index (χ1n) is 6.53. The van der Waals surface area contributed by atoms with Gasteiger partial charge in [-0.15, -0.1) is 6.58 Å². The second-order valence-electron chi connectivity index (χ2n) is 4.47. The lowest BCUT2D eigenvalue weighted by Crippen LogP contribution is -2.05. The maximum absolute atomic E-state index is 11.7. The van der Waals surface area contributed by atoms with Gasteiger partial charge in [-0.05, 0) is 18.6 Å². The number of anilines is 1. The molecule has 1 rings (SSSR count). The third-order valence-corrected chi connectivity index (χ3v) is 2.94. The van der Waals surface area contributed by atoms with Gasteiger partial charge in [0.15, 0.2) is 7.28 Å². The summed E-state index contributed by atoms with van der Waals surface area (Å²) in [6.07, 6.45) is 5.26. The van der Waals surface area contributed by atoms with Gasteiger partial charge in [0.2, 0.25) is 0 Å². The molecule has 0 unspecified atom stereocenters. The number of ether oxygens (including phenoxy) is 1. The molecule has 106 valence electrons. The van der Waals surface area contributed by atoms with Crippen LogP contribution in [0.1, 0.15) is 22.3 Å². The molecule has 0 radical (unpaired) electrons. The fourth-order valence-electron chi connectivity index (χ4n) is 1.81. The van der Waals surface area contributed by atoms with Crippen LogP contribution in [-0.4, -0.2) is 32.1 Å². The van der Waals surface area contributed by atoms with Crippen molar-refractivity contribution >= 4 is 25.0 Å². The maximum Gasteiger partial charge on any atom is 0.338 e. The van der Waals surface area contributed by atoms with E-state index in [2.05, 4.69) is 6.58 Å². The molecule has 0 saturated heterocycles. The molecular weight excluding hydrogens is 253 g/mol. The van der Waals surface area contributed by atoms with E-state index in [0.717, 1.165) is 25.5 Å². The van der Waals surface area contributed by atoms with Crippen LogP contribution in [-0.2, 0) is 4.74 Å². The molecule has 1 aromatic rings. The zero-order valence-electron chi connectivity index (χ0n) is 11.8. The molecule has 0 amide bonds. The topological polar surface area (TPSA) is 72.5 Å². The molecule has 0 saturated carbocycles. The second-order valence-corrected chi connectivity index (χ2v) is 4.47. The van der Waals surface area contributed by atoms with Crippen LogP contribution < -0.4 is 5.73 Å². The van der Waals surface area contributed by atoms with E-state index in [4.69, 9.17) is 15.6 Å². The van der Waals surface area contributed by atoms with Crippen molar-refractivity contribution in [2.45, 2.75) is 12.7 Å². The number of nitrogen functional groups attached to an aromatic ring is 1. The van der Waals surface area contributed by atoms with Gasteiger partial charge in [0.05, 0.1) is 12.7 Å². The highest BCUT2D eigenvalue weighted by Crippen LogP contribution is 2.20. The van der Waals surface area contributed by atoms with Crippen molar-refractivity contribution in [1.82, 2.24) is 0 Å². The van der Waals surface area contributed by atoms with Crippen molar-refractivity contribution < 1.29 is 14.6 Å². The Bertz CT molecular complexity index is 512. The first-order chi connectivity index (χ1) is 9.60. The molecule has 20 heavy (non-hydrogen) atoms. The number of carbonyl (C=O) groups is 1.